The van der Waals surface area contributed by atoms with Gasteiger partial charge in [0.15, 0.2) is 0 Å². The fourth-order valence-corrected chi connectivity index (χ4v) is 4.80. The van der Waals surface area contributed by atoms with Crippen LogP contribution in [0, 0.1) is 0 Å². The molecule has 1 unspecified atom stereocenters. The zero-order valence-electron chi connectivity index (χ0n) is 22.4. The molecule has 38 heavy (non-hydrogen) atoms. The normalized spacial score (nSPS) is 21.4. The molecule has 11 nitrogen and oxygen atoms in total. The zero-order valence-corrected chi connectivity index (χ0v) is 22.4. The molecule has 0 aliphatic carbocycles. The van der Waals surface area contributed by atoms with Gasteiger partial charge in [0.05, 0.1) is 19.3 Å². The zero-order chi connectivity index (χ0) is 27.5. The lowest BCUT2D eigenvalue weighted by Crippen LogP contribution is -2.62. The summed E-state index contributed by atoms with van der Waals surface area (Å²) in [5, 5.41) is 6.58. The fraction of sp³-hybridized carbons (Fsp3) is 0.630. The van der Waals surface area contributed by atoms with Crippen LogP contribution in [0.3, 0.4) is 0 Å². The Labute approximate surface area is 223 Å². The number of hydrogen-bond donors (Lipinski definition) is 1. The summed E-state index contributed by atoms with van der Waals surface area (Å²) in [5.41, 5.74) is 1.08. The summed E-state index contributed by atoms with van der Waals surface area (Å²) in [4.78, 5) is 51.2. The molecule has 1 amide bonds. The third-order valence-electron chi connectivity index (χ3n) is 6.54. The van der Waals surface area contributed by atoms with E-state index in [1.165, 1.54) is 11.9 Å². The van der Waals surface area contributed by atoms with E-state index in [2.05, 4.69) is 5.32 Å². The van der Waals surface area contributed by atoms with Crippen LogP contribution < -0.4 is 5.32 Å². The molecule has 3 rings (SSSR count). The Morgan fingerprint density at radius 2 is 1.68 bits per heavy atom. The van der Waals surface area contributed by atoms with E-state index in [1.807, 2.05) is 35.3 Å². The maximum atomic E-state index is 13.8. The number of hydrogen-bond acceptors (Lipinski definition) is 10. The molecule has 0 radical (unpaired) electrons. The van der Waals surface area contributed by atoms with E-state index in [0.29, 0.717) is 51.6 Å². The molecule has 11 heteroatoms. The monoisotopic (exact) mass is 533 g/mol. The number of esters is 2. The molecular formula is C27H39N3O8. The number of nitrogens with one attached hydrogen (secondary N) is 1. The molecule has 0 spiro atoms. The highest BCUT2D eigenvalue weighted by molar-refractivity contribution is 5.88. The maximum absolute atomic E-state index is 13.8. The lowest BCUT2D eigenvalue weighted by Gasteiger charge is -2.43. The first-order chi connectivity index (χ1) is 18.3. The molecule has 1 aromatic carbocycles. The lowest BCUT2D eigenvalue weighted by atomic mass is 10.0. The first-order valence-corrected chi connectivity index (χ1v) is 13.4. The van der Waals surface area contributed by atoms with Crippen molar-refractivity contribution in [2.75, 3.05) is 26.3 Å². The molecule has 2 fully saturated rings. The van der Waals surface area contributed by atoms with Crippen LogP contribution in [0.1, 0.15) is 58.4 Å². The first-order valence-electron chi connectivity index (χ1n) is 13.4. The van der Waals surface area contributed by atoms with E-state index >= 15 is 0 Å². The van der Waals surface area contributed by atoms with Gasteiger partial charge >= 0.3 is 18.1 Å². The molecule has 2 saturated heterocycles. The molecule has 210 valence electrons. The van der Waals surface area contributed by atoms with Gasteiger partial charge in [0, 0.05) is 20.0 Å². The number of aryl methyl sites for hydroxylation is 1. The maximum Gasteiger partial charge on any atom is 0.511 e. The van der Waals surface area contributed by atoms with Crippen LogP contribution in [-0.2, 0) is 39.8 Å². The van der Waals surface area contributed by atoms with Crippen molar-refractivity contribution in [1.82, 2.24) is 15.3 Å². The molecule has 2 aliphatic rings. The molecule has 1 N–H and O–H groups in total. The molecule has 4 atom stereocenters. The van der Waals surface area contributed by atoms with Crippen molar-refractivity contribution in [2.45, 2.75) is 83.7 Å². The largest absolute Gasteiger partial charge is 0.511 e. The van der Waals surface area contributed by atoms with Gasteiger partial charge in [-0.3, -0.25) is 19.9 Å². The molecule has 0 bridgehead atoms. The molecule has 0 aromatic heterocycles. The van der Waals surface area contributed by atoms with Crippen LogP contribution >= 0.6 is 0 Å². The van der Waals surface area contributed by atoms with E-state index in [1.54, 1.807) is 13.8 Å². The van der Waals surface area contributed by atoms with Gasteiger partial charge < -0.3 is 18.9 Å². The van der Waals surface area contributed by atoms with Gasteiger partial charge in [0.2, 0.25) is 6.29 Å². The van der Waals surface area contributed by atoms with Crippen molar-refractivity contribution >= 4 is 24.0 Å². The van der Waals surface area contributed by atoms with E-state index in [4.69, 9.17) is 18.9 Å². The van der Waals surface area contributed by atoms with Crippen LogP contribution in [0.2, 0.25) is 0 Å². The molecule has 2 aliphatic heterocycles. The Bertz CT molecular complexity index is 944. The lowest BCUT2D eigenvalue weighted by molar-refractivity contribution is -0.191. The molecule has 0 saturated carbocycles. The van der Waals surface area contributed by atoms with E-state index in [9.17, 15) is 19.2 Å². The average Bonchev–Trinajstić information content (AvgIpc) is 3.05. The van der Waals surface area contributed by atoms with E-state index < -0.39 is 42.5 Å². The minimum absolute atomic E-state index is 0.131. The van der Waals surface area contributed by atoms with Gasteiger partial charge in [0.1, 0.15) is 12.1 Å². The number of carbonyl (C=O) groups excluding carboxylic acids is 4. The summed E-state index contributed by atoms with van der Waals surface area (Å²) in [6.07, 6.45) is 1.33. The Hall–Kier alpha value is -3.18. The predicted octanol–water partition coefficient (Wildman–Crippen LogP) is 2.57. The Balaban J connectivity index is 1.71. The van der Waals surface area contributed by atoms with E-state index in [-0.39, 0.29) is 19.1 Å². The Morgan fingerprint density at radius 1 is 1.00 bits per heavy atom. The summed E-state index contributed by atoms with van der Waals surface area (Å²) in [5.74, 6) is -1.36. The highest BCUT2D eigenvalue weighted by Gasteiger charge is 2.43. The highest BCUT2D eigenvalue weighted by atomic mass is 16.8. The number of rotatable bonds is 11. The van der Waals surface area contributed by atoms with Crippen molar-refractivity contribution in [1.29, 1.82) is 0 Å². The number of benzene rings is 1. The van der Waals surface area contributed by atoms with Crippen LogP contribution in [-0.4, -0.2) is 84.7 Å². The second-order valence-corrected chi connectivity index (χ2v) is 9.29. The number of carbonyl (C=O) groups is 4. The molecular weight excluding hydrogens is 494 g/mol. The highest BCUT2D eigenvalue weighted by Crippen LogP contribution is 2.25. The standard InChI is InChI=1S/C27H39N3O8/c1-4-35-25(32)22(16-15-20-11-7-6-8-12-20)28-21-13-9-17-29-18-10-14-23(30(29)24(21)31)26(33)37-19(3)38-27(34)36-5-2/h6-8,11-12,19,21-23,28H,4-5,9-10,13-18H2,1-3H3/t19?,21-,22-,23-/m0/s1. The Morgan fingerprint density at radius 3 is 2.37 bits per heavy atom. The van der Waals surface area contributed by atoms with Crippen LogP contribution in [0.25, 0.3) is 0 Å². The number of fused-ring (bicyclic) bond motifs is 1. The summed E-state index contributed by atoms with van der Waals surface area (Å²) in [7, 11) is 0. The topological polar surface area (TPSA) is 124 Å². The smallest absolute Gasteiger partial charge is 0.465 e. The summed E-state index contributed by atoms with van der Waals surface area (Å²) < 4.78 is 20.3. The number of amides is 1. The van der Waals surface area contributed by atoms with Crippen molar-refractivity contribution in [3.8, 4) is 0 Å². The number of hydrazine groups is 1. The van der Waals surface area contributed by atoms with Gasteiger partial charge in [-0.25, -0.2) is 14.6 Å². The Kier molecular flexibility index (Phi) is 11.3. The predicted molar refractivity (Wildman–Crippen MR) is 136 cm³/mol. The summed E-state index contributed by atoms with van der Waals surface area (Å²) in [6, 6.07) is 7.60. The van der Waals surface area contributed by atoms with E-state index in [0.717, 1.165) is 5.56 Å². The van der Waals surface area contributed by atoms with Crippen molar-refractivity contribution < 1.29 is 38.1 Å². The summed E-state index contributed by atoms with van der Waals surface area (Å²) in [6.45, 7) is 6.39. The van der Waals surface area contributed by atoms with Crippen molar-refractivity contribution in [3.63, 3.8) is 0 Å². The first kappa shape index (κ1) is 29.4. The number of ether oxygens (including phenoxy) is 4. The van der Waals surface area contributed by atoms with Crippen LogP contribution in [0.15, 0.2) is 30.3 Å². The quantitative estimate of drug-likeness (QED) is 0.258. The second kappa shape index (κ2) is 14.7. The van der Waals surface area contributed by atoms with Crippen molar-refractivity contribution in [3.05, 3.63) is 35.9 Å². The SMILES string of the molecule is CCOC(=O)OC(C)OC(=O)[C@@H]1CCCN2CCC[C@H](N[C@@H](CCc3ccccc3)C(=O)OCC)C(=O)N12. The number of nitrogens with zero attached hydrogens (tertiary/aromatic N) is 2. The average molecular weight is 534 g/mol. The van der Waals surface area contributed by atoms with Crippen molar-refractivity contribution in [2.24, 2.45) is 0 Å². The third-order valence-corrected chi connectivity index (χ3v) is 6.54. The minimum atomic E-state index is -1.17. The van der Waals surface area contributed by atoms with Gasteiger partial charge in [-0.2, -0.15) is 0 Å². The second-order valence-electron chi connectivity index (χ2n) is 9.29. The fourth-order valence-electron chi connectivity index (χ4n) is 4.80. The minimum Gasteiger partial charge on any atom is -0.465 e. The van der Waals surface area contributed by atoms with Gasteiger partial charge in [0.25, 0.3) is 5.91 Å². The van der Waals surface area contributed by atoms with Gasteiger partial charge in [-0.1, -0.05) is 30.3 Å². The van der Waals surface area contributed by atoms with Gasteiger partial charge in [-0.05, 0) is 57.9 Å². The third kappa shape index (κ3) is 8.16. The molecule has 2 heterocycles. The van der Waals surface area contributed by atoms with Crippen LogP contribution in [0.4, 0.5) is 4.79 Å². The van der Waals surface area contributed by atoms with Gasteiger partial charge in [-0.15, -0.1) is 0 Å². The summed E-state index contributed by atoms with van der Waals surface area (Å²) >= 11 is 0. The van der Waals surface area contributed by atoms with Crippen LogP contribution in [0.5, 0.6) is 0 Å². The molecule has 1 aromatic rings.